The third kappa shape index (κ3) is 4.36. The van der Waals surface area contributed by atoms with E-state index in [9.17, 15) is 4.79 Å². The van der Waals surface area contributed by atoms with Crippen molar-refractivity contribution in [2.75, 3.05) is 36.4 Å². The number of hydrogen-bond acceptors (Lipinski definition) is 4. The Bertz CT molecular complexity index is 493. The van der Waals surface area contributed by atoms with Gasteiger partial charge in [-0.15, -0.1) is 0 Å². The lowest BCUT2D eigenvalue weighted by Crippen LogP contribution is -2.49. The van der Waals surface area contributed by atoms with Crippen molar-refractivity contribution < 1.29 is 4.79 Å². The molecule has 1 N–H and O–H groups in total. The average molecular weight is 304 g/mol. The van der Waals surface area contributed by atoms with E-state index in [1.54, 1.807) is 0 Å². The molecule has 1 saturated heterocycles. The van der Waals surface area contributed by atoms with Crippen molar-refractivity contribution in [3.05, 3.63) is 18.3 Å². The van der Waals surface area contributed by atoms with E-state index in [0.717, 1.165) is 37.7 Å². The predicted molar refractivity (Wildman–Crippen MR) is 91.2 cm³/mol. The van der Waals surface area contributed by atoms with Crippen LogP contribution in [0.1, 0.15) is 34.1 Å². The first-order chi connectivity index (χ1) is 10.5. The zero-order valence-corrected chi connectivity index (χ0v) is 14.2. The van der Waals surface area contributed by atoms with Crippen molar-refractivity contribution in [1.82, 2.24) is 9.88 Å². The van der Waals surface area contributed by atoms with Gasteiger partial charge in [0.25, 0.3) is 0 Å². The maximum atomic E-state index is 12.1. The number of amides is 1. The first-order valence-electron chi connectivity index (χ1n) is 8.21. The summed E-state index contributed by atoms with van der Waals surface area (Å²) in [4.78, 5) is 20.9. The molecular weight excluding hydrogens is 276 g/mol. The fraction of sp³-hybridized carbons (Fsp3) is 0.647. The average Bonchev–Trinajstić information content (AvgIpc) is 2.47. The van der Waals surface area contributed by atoms with Gasteiger partial charge < -0.3 is 15.1 Å². The van der Waals surface area contributed by atoms with E-state index in [-0.39, 0.29) is 5.91 Å². The maximum absolute atomic E-state index is 12.1. The standard InChI is InChI=1S/C17H28N4O/c1-13(2)12-16(22)20-8-10-21(11-9-20)17-15(19-14(3)4)6-5-7-18-17/h5-7,13-14,19H,8-12H2,1-4H3. The molecule has 5 nitrogen and oxygen atoms in total. The number of anilines is 2. The quantitative estimate of drug-likeness (QED) is 0.908. The molecule has 2 rings (SSSR count). The molecule has 0 atom stereocenters. The number of pyridine rings is 1. The van der Waals surface area contributed by atoms with Crippen molar-refractivity contribution in [3.8, 4) is 0 Å². The molecule has 0 radical (unpaired) electrons. The summed E-state index contributed by atoms with van der Waals surface area (Å²) in [7, 11) is 0. The minimum absolute atomic E-state index is 0.274. The maximum Gasteiger partial charge on any atom is 0.222 e. The van der Waals surface area contributed by atoms with Gasteiger partial charge in [-0.05, 0) is 31.9 Å². The second kappa shape index (κ2) is 7.47. The first-order valence-corrected chi connectivity index (χ1v) is 8.21. The Kier molecular flexibility index (Phi) is 5.63. The highest BCUT2D eigenvalue weighted by atomic mass is 16.2. The highest BCUT2D eigenvalue weighted by molar-refractivity contribution is 5.77. The van der Waals surface area contributed by atoms with Crippen LogP contribution in [0, 0.1) is 5.92 Å². The molecule has 0 aromatic carbocycles. The summed E-state index contributed by atoms with van der Waals surface area (Å²) in [6.07, 6.45) is 2.47. The van der Waals surface area contributed by atoms with Crippen LogP contribution in [0.5, 0.6) is 0 Å². The number of nitrogens with zero attached hydrogens (tertiary/aromatic N) is 3. The zero-order chi connectivity index (χ0) is 16.1. The van der Waals surface area contributed by atoms with Gasteiger partial charge in [0.15, 0.2) is 5.82 Å². The lowest BCUT2D eigenvalue weighted by atomic mass is 10.1. The third-order valence-corrected chi connectivity index (χ3v) is 3.75. The van der Waals surface area contributed by atoms with Crippen LogP contribution in [0.2, 0.25) is 0 Å². The zero-order valence-electron chi connectivity index (χ0n) is 14.2. The van der Waals surface area contributed by atoms with Crippen molar-refractivity contribution in [1.29, 1.82) is 0 Å². The minimum atomic E-state index is 0.274. The molecule has 122 valence electrons. The van der Waals surface area contributed by atoms with Crippen LogP contribution in [0.25, 0.3) is 0 Å². The Morgan fingerprint density at radius 1 is 1.23 bits per heavy atom. The highest BCUT2D eigenvalue weighted by Gasteiger charge is 2.23. The van der Waals surface area contributed by atoms with Crippen LogP contribution in [0.4, 0.5) is 11.5 Å². The van der Waals surface area contributed by atoms with Gasteiger partial charge in [0.1, 0.15) is 0 Å². The third-order valence-electron chi connectivity index (χ3n) is 3.75. The Morgan fingerprint density at radius 3 is 2.50 bits per heavy atom. The minimum Gasteiger partial charge on any atom is -0.380 e. The smallest absolute Gasteiger partial charge is 0.222 e. The van der Waals surface area contributed by atoms with Gasteiger partial charge in [-0.25, -0.2) is 4.98 Å². The summed E-state index contributed by atoms with van der Waals surface area (Å²) < 4.78 is 0. The van der Waals surface area contributed by atoms with Crippen molar-refractivity contribution in [2.45, 2.75) is 40.2 Å². The molecule has 1 aromatic rings. The van der Waals surface area contributed by atoms with Crippen molar-refractivity contribution in [3.63, 3.8) is 0 Å². The van der Waals surface area contributed by atoms with E-state index in [4.69, 9.17) is 0 Å². The monoisotopic (exact) mass is 304 g/mol. The number of rotatable bonds is 5. The molecule has 0 unspecified atom stereocenters. The molecule has 0 saturated carbocycles. The van der Waals surface area contributed by atoms with E-state index in [1.807, 2.05) is 17.2 Å². The summed E-state index contributed by atoms with van der Waals surface area (Å²) in [6, 6.07) is 4.40. The molecule has 0 aliphatic carbocycles. The Hall–Kier alpha value is -1.78. The van der Waals surface area contributed by atoms with Crippen LogP contribution in [0.15, 0.2) is 18.3 Å². The van der Waals surface area contributed by atoms with Crippen molar-refractivity contribution >= 4 is 17.4 Å². The molecular formula is C17H28N4O. The normalized spacial score (nSPS) is 15.5. The molecule has 1 aliphatic rings. The van der Waals surface area contributed by atoms with Gasteiger partial charge >= 0.3 is 0 Å². The van der Waals surface area contributed by atoms with Crippen LogP contribution >= 0.6 is 0 Å². The largest absolute Gasteiger partial charge is 0.380 e. The van der Waals surface area contributed by atoms with E-state index >= 15 is 0 Å². The number of carbonyl (C=O) groups excluding carboxylic acids is 1. The molecule has 0 bridgehead atoms. The predicted octanol–water partition coefficient (Wildman–Crippen LogP) is 2.60. The van der Waals surface area contributed by atoms with E-state index in [2.05, 4.69) is 49.0 Å². The van der Waals surface area contributed by atoms with E-state index in [0.29, 0.717) is 18.4 Å². The lowest BCUT2D eigenvalue weighted by Gasteiger charge is -2.36. The van der Waals surface area contributed by atoms with Crippen molar-refractivity contribution in [2.24, 2.45) is 5.92 Å². The van der Waals surface area contributed by atoms with Gasteiger partial charge in [0.05, 0.1) is 5.69 Å². The lowest BCUT2D eigenvalue weighted by molar-refractivity contribution is -0.132. The van der Waals surface area contributed by atoms with Crippen LogP contribution in [0.3, 0.4) is 0 Å². The number of piperazine rings is 1. The summed E-state index contributed by atoms with van der Waals surface area (Å²) >= 11 is 0. The Labute approximate surface area is 133 Å². The fourth-order valence-corrected chi connectivity index (χ4v) is 2.72. The van der Waals surface area contributed by atoms with Gasteiger partial charge in [0, 0.05) is 44.8 Å². The summed E-state index contributed by atoms with van der Waals surface area (Å²) in [5.74, 6) is 1.69. The molecule has 2 heterocycles. The molecule has 5 heteroatoms. The molecule has 0 spiro atoms. The van der Waals surface area contributed by atoms with E-state index in [1.165, 1.54) is 0 Å². The Balaban J connectivity index is 1.98. The molecule has 22 heavy (non-hydrogen) atoms. The van der Waals surface area contributed by atoms with Gasteiger partial charge in [-0.1, -0.05) is 13.8 Å². The number of carbonyl (C=O) groups is 1. The Morgan fingerprint density at radius 2 is 1.91 bits per heavy atom. The summed E-state index contributed by atoms with van der Waals surface area (Å²) in [6.45, 7) is 11.7. The molecule has 1 fully saturated rings. The highest BCUT2D eigenvalue weighted by Crippen LogP contribution is 2.24. The molecule has 1 amide bonds. The summed E-state index contributed by atoms with van der Waals surface area (Å²) in [5, 5.41) is 3.45. The number of nitrogens with one attached hydrogen (secondary N) is 1. The number of hydrogen-bond donors (Lipinski definition) is 1. The van der Waals surface area contributed by atoms with Crippen LogP contribution in [-0.2, 0) is 4.79 Å². The van der Waals surface area contributed by atoms with Crippen LogP contribution in [-0.4, -0.2) is 48.0 Å². The number of aromatic nitrogens is 1. The summed E-state index contributed by atoms with van der Waals surface area (Å²) in [5.41, 5.74) is 1.07. The topological polar surface area (TPSA) is 48.5 Å². The second-order valence-electron chi connectivity index (χ2n) is 6.64. The van der Waals surface area contributed by atoms with Gasteiger partial charge in [0.2, 0.25) is 5.91 Å². The first kappa shape index (κ1) is 16.6. The SMILES string of the molecule is CC(C)CC(=O)N1CCN(c2ncccc2NC(C)C)CC1. The molecule has 1 aliphatic heterocycles. The van der Waals surface area contributed by atoms with Gasteiger partial charge in [-0.3, -0.25) is 4.79 Å². The second-order valence-corrected chi connectivity index (χ2v) is 6.64. The van der Waals surface area contributed by atoms with E-state index < -0.39 is 0 Å². The van der Waals surface area contributed by atoms with Crippen LogP contribution < -0.4 is 10.2 Å². The van der Waals surface area contributed by atoms with Gasteiger partial charge in [-0.2, -0.15) is 0 Å². The molecule has 1 aromatic heterocycles. The fourth-order valence-electron chi connectivity index (χ4n) is 2.72.